The van der Waals surface area contributed by atoms with Gasteiger partial charge in [-0.15, -0.1) is 0 Å². The Morgan fingerprint density at radius 1 is 1.33 bits per heavy atom. The number of rotatable bonds is 2. The van der Waals surface area contributed by atoms with Crippen LogP contribution in [0.2, 0.25) is 0 Å². The van der Waals surface area contributed by atoms with Crippen molar-refractivity contribution >= 4 is 11.1 Å². The summed E-state index contributed by atoms with van der Waals surface area (Å²) in [6, 6.07) is 3.85. The number of furan rings is 1. The summed E-state index contributed by atoms with van der Waals surface area (Å²) in [7, 11) is 0. The summed E-state index contributed by atoms with van der Waals surface area (Å²) in [5.74, 6) is 1.07. The second kappa shape index (κ2) is 4.73. The van der Waals surface area contributed by atoms with E-state index in [9.17, 15) is 5.11 Å². The fourth-order valence-electron chi connectivity index (χ4n) is 2.01. The molecule has 1 N–H and O–H groups in total. The molecular formula is C15H21NO2. The van der Waals surface area contributed by atoms with Crippen molar-refractivity contribution in [1.82, 2.24) is 4.98 Å². The number of hydrogen-bond acceptors (Lipinski definition) is 3. The van der Waals surface area contributed by atoms with Gasteiger partial charge in [-0.05, 0) is 24.8 Å². The molecule has 18 heavy (non-hydrogen) atoms. The smallest absolute Gasteiger partial charge is 0.156 e. The Morgan fingerprint density at radius 2 is 2.00 bits per heavy atom. The zero-order valence-corrected chi connectivity index (χ0v) is 11.5. The van der Waals surface area contributed by atoms with Gasteiger partial charge in [0.15, 0.2) is 5.58 Å². The third-order valence-electron chi connectivity index (χ3n) is 3.25. The predicted octanol–water partition coefficient (Wildman–Crippen LogP) is 3.96. The first kappa shape index (κ1) is 13.1. The van der Waals surface area contributed by atoms with E-state index in [-0.39, 0.29) is 0 Å². The van der Waals surface area contributed by atoms with Crippen LogP contribution < -0.4 is 0 Å². The molecule has 98 valence electrons. The third kappa shape index (κ3) is 2.15. The first-order chi connectivity index (χ1) is 8.60. The molecule has 2 heterocycles. The number of nitrogens with zero attached hydrogens (tertiary/aromatic N) is 1. The van der Waals surface area contributed by atoms with E-state index >= 15 is 0 Å². The van der Waals surface area contributed by atoms with Gasteiger partial charge in [0.05, 0.1) is 0 Å². The molecule has 0 amide bonds. The average molecular weight is 247 g/mol. The van der Waals surface area contributed by atoms with Crippen molar-refractivity contribution in [2.45, 2.75) is 52.1 Å². The van der Waals surface area contributed by atoms with Crippen LogP contribution in [0.25, 0.3) is 11.1 Å². The van der Waals surface area contributed by atoms with Crippen LogP contribution in [0.3, 0.4) is 0 Å². The van der Waals surface area contributed by atoms with Gasteiger partial charge in [-0.25, -0.2) is 0 Å². The van der Waals surface area contributed by atoms with Gasteiger partial charge in [-0.1, -0.05) is 27.7 Å². The largest absolute Gasteiger partial charge is 0.456 e. The molecule has 1 aliphatic rings. The SMILES string of the molecule is CC.CC(C)c1ccnc2cc(C3(O)CC3)oc12. The fraction of sp³-hybridized carbons (Fsp3) is 0.533. The van der Waals surface area contributed by atoms with Crippen molar-refractivity contribution in [1.29, 1.82) is 0 Å². The van der Waals surface area contributed by atoms with E-state index in [0.717, 1.165) is 29.5 Å². The Bertz CT molecular complexity index is 538. The van der Waals surface area contributed by atoms with Crippen LogP contribution in [-0.4, -0.2) is 10.1 Å². The normalized spacial score (nSPS) is 16.6. The Kier molecular flexibility index (Phi) is 3.44. The Labute approximate surface area is 108 Å². The highest BCUT2D eigenvalue weighted by molar-refractivity contribution is 5.77. The van der Waals surface area contributed by atoms with E-state index in [0.29, 0.717) is 11.7 Å². The molecule has 3 rings (SSSR count). The van der Waals surface area contributed by atoms with Gasteiger partial charge in [0.1, 0.15) is 16.9 Å². The predicted molar refractivity (Wildman–Crippen MR) is 72.6 cm³/mol. The monoisotopic (exact) mass is 247 g/mol. The van der Waals surface area contributed by atoms with E-state index in [1.807, 2.05) is 26.0 Å². The quantitative estimate of drug-likeness (QED) is 0.873. The van der Waals surface area contributed by atoms with Crippen molar-refractivity contribution in [2.75, 3.05) is 0 Å². The maximum absolute atomic E-state index is 10.0. The van der Waals surface area contributed by atoms with Gasteiger partial charge >= 0.3 is 0 Å². The molecule has 0 aliphatic heterocycles. The Morgan fingerprint density at radius 3 is 2.56 bits per heavy atom. The molecule has 1 fully saturated rings. The molecule has 0 atom stereocenters. The number of aromatic nitrogens is 1. The van der Waals surface area contributed by atoms with Crippen LogP contribution in [0.15, 0.2) is 22.7 Å². The van der Waals surface area contributed by atoms with Crippen LogP contribution in [0.1, 0.15) is 57.8 Å². The minimum absolute atomic E-state index is 0.401. The summed E-state index contributed by atoms with van der Waals surface area (Å²) in [5.41, 5.74) is 2.12. The van der Waals surface area contributed by atoms with Crippen LogP contribution >= 0.6 is 0 Å². The Balaban J connectivity index is 0.000000574. The standard InChI is InChI=1S/C13H15NO2.C2H6/c1-8(2)9-3-6-14-10-7-11(16-12(9)10)13(15)4-5-13;1-2/h3,6-8,15H,4-5H2,1-2H3;1-2H3. The van der Waals surface area contributed by atoms with Gasteiger partial charge in [-0.2, -0.15) is 0 Å². The van der Waals surface area contributed by atoms with E-state index in [1.165, 1.54) is 0 Å². The lowest BCUT2D eigenvalue weighted by atomic mass is 10.0. The molecule has 0 saturated heterocycles. The minimum atomic E-state index is -0.713. The summed E-state index contributed by atoms with van der Waals surface area (Å²) >= 11 is 0. The minimum Gasteiger partial charge on any atom is -0.456 e. The zero-order chi connectivity index (χ0) is 13.3. The van der Waals surface area contributed by atoms with E-state index in [2.05, 4.69) is 18.8 Å². The lowest BCUT2D eigenvalue weighted by Gasteiger charge is -2.05. The molecule has 0 unspecified atom stereocenters. The maximum atomic E-state index is 10.0. The van der Waals surface area contributed by atoms with Crippen molar-refractivity contribution in [3.63, 3.8) is 0 Å². The van der Waals surface area contributed by atoms with Gasteiger partial charge in [0.25, 0.3) is 0 Å². The van der Waals surface area contributed by atoms with E-state index < -0.39 is 5.60 Å². The Hall–Kier alpha value is -1.35. The second-order valence-electron chi connectivity index (χ2n) is 4.91. The summed E-state index contributed by atoms with van der Waals surface area (Å²) < 4.78 is 5.77. The average Bonchev–Trinajstić information content (AvgIpc) is 2.96. The van der Waals surface area contributed by atoms with Crippen molar-refractivity contribution in [3.8, 4) is 0 Å². The molecule has 3 nitrogen and oxygen atoms in total. The van der Waals surface area contributed by atoms with Crippen molar-refractivity contribution in [2.24, 2.45) is 0 Å². The highest BCUT2D eigenvalue weighted by Crippen LogP contribution is 2.47. The topological polar surface area (TPSA) is 46.3 Å². The van der Waals surface area contributed by atoms with E-state index in [4.69, 9.17) is 4.42 Å². The van der Waals surface area contributed by atoms with Crippen molar-refractivity contribution in [3.05, 3.63) is 29.7 Å². The molecular weight excluding hydrogens is 226 g/mol. The summed E-state index contributed by atoms with van der Waals surface area (Å²) in [4.78, 5) is 4.28. The van der Waals surface area contributed by atoms with Crippen LogP contribution in [-0.2, 0) is 5.60 Å². The van der Waals surface area contributed by atoms with Gasteiger partial charge in [0, 0.05) is 17.8 Å². The van der Waals surface area contributed by atoms with Crippen LogP contribution in [0, 0.1) is 0 Å². The number of aliphatic hydroxyl groups is 1. The first-order valence-corrected chi connectivity index (χ1v) is 6.71. The fourth-order valence-corrected chi connectivity index (χ4v) is 2.01. The molecule has 0 aromatic carbocycles. The zero-order valence-electron chi connectivity index (χ0n) is 11.5. The summed E-state index contributed by atoms with van der Waals surface area (Å²) in [5, 5.41) is 10.0. The molecule has 2 aromatic rings. The van der Waals surface area contributed by atoms with Crippen LogP contribution in [0.5, 0.6) is 0 Å². The number of pyridine rings is 1. The second-order valence-corrected chi connectivity index (χ2v) is 4.91. The van der Waals surface area contributed by atoms with Crippen molar-refractivity contribution < 1.29 is 9.52 Å². The molecule has 0 spiro atoms. The number of fused-ring (bicyclic) bond motifs is 1. The molecule has 1 saturated carbocycles. The highest BCUT2D eigenvalue weighted by atomic mass is 16.4. The molecule has 1 aliphatic carbocycles. The lowest BCUT2D eigenvalue weighted by molar-refractivity contribution is 0.125. The first-order valence-electron chi connectivity index (χ1n) is 6.71. The molecule has 0 bridgehead atoms. The molecule has 0 radical (unpaired) electrons. The van der Waals surface area contributed by atoms with Crippen LogP contribution in [0.4, 0.5) is 0 Å². The summed E-state index contributed by atoms with van der Waals surface area (Å²) in [6.45, 7) is 8.26. The third-order valence-corrected chi connectivity index (χ3v) is 3.25. The molecule has 3 heteroatoms. The van der Waals surface area contributed by atoms with Gasteiger partial charge in [0.2, 0.25) is 0 Å². The van der Waals surface area contributed by atoms with Gasteiger partial charge < -0.3 is 9.52 Å². The highest BCUT2D eigenvalue weighted by Gasteiger charge is 2.45. The van der Waals surface area contributed by atoms with Gasteiger partial charge in [-0.3, -0.25) is 4.98 Å². The lowest BCUT2D eigenvalue weighted by Crippen LogP contribution is -2.01. The maximum Gasteiger partial charge on any atom is 0.156 e. The number of hydrogen-bond donors (Lipinski definition) is 1. The van der Waals surface area contributed by atoms with E-state index in [1.54, 1.807) is 6.20 Å². The molecule has 2 aromatic heterocycles. The summed E-state index contributed by atoms with van der Waals surface area (Å²) in [6.07, 6.45) is 3.39.